The van der Waals surface area contributed by atoms with E-state index in [1.54, 1.807) is 30.3 Å². The predicted molar refractivity (Wildman–Crippen MR) is 138 cm³/mol. The van der Waals surface area contributed by atoms with Crippen molar-refractivity contribution >= 4 is 56.3 Å². The smallest absolute Gasteiger partial charge is 0.323 e. The van der Waals surface area contributed by atoms with E-state index in [-0.39, 0.29) is 27.3 Å². The number of sulfone groups is 1. The third-order valence-corrected chi connectivity index (χ3v) is 6.33. The molecule has 2 heterocycles. The Hall–Kier alpha value is -3.93. The molecule has 4 rings (SSSR count). The standard InChI is InChI=1S/C23H18Cl2N6O4S/c1-36(33,34)20-7-4-14(24)9-19(20)31-22(32)30-16-11-28-23(29-12-16)35-17-5-2-13(3-6-17)18-8-15(25)10-27-21(18)26/h2-12H,1H3,(H2,26,27)(H2,30,31,32). The van der Waals surface area contributed by atoms with Crippen LogP contribution in [0.15, 0.2) is 72.0 Å². The van der Waals surface area contributed by atoms with Crippen molar-refractivity contribution in [2.45, 2.75) is 4.90 Å². The average molecular weight is 545 g/mol. The predicted octanol–water partition coefficient (Wildman–Crippen LogP) is 5.27. The van der Waals surface area contributed by atoms with Gasteiger partial charge in [0.1, 0.15) is 11.6 Å². The molecular formula is C23H18Cl2N6O4S. The minimum absolute atomic E-state index is 0.0436. The van der Waals surface area contributed by atoms with Crippen molar-refractivity contribution in [2.24, 2.45) is 0 Å². The zero-order chi connectivity index (χ0) is 25.9. The fraction of sp³-hybridized carbons (Fsp3) is 0.0435. The number of urea groups is 1. The molecule has 10 nitrogen and oxygen atoms in total. The van der Waals surface area contributed by atoms with Crippen LogP contribution in [-0.2, 0) is 9.84 Å². The molecule has 0 radical (unpaired) electrons. The molecule has 2 amide bonds. The molecule has 184 valence electrons. The highest BCUT2D eigenvalue weighted by Crippen LogP contribution is 2.29. The first kappa shape index (κ1) is 25.2. The number of anilines is 3. The van der Waals surface area contributed by atoms with Crippen LogP contribution in [0.3, 0.4) is 0 Å². The Morgan fingerprint density at radius 2 is 1.61 bits per heavy atom. The van der Waals surface area contributed by atoms with Gasteiger partial charge >= 0.3 is 12.0 Å². The molecular weight excluding hydrogens is 527 g/mol. The molecule has 2 aromatic carbocycles. The van der Waals surface area contributed by atoms with Crippen LogP contribution in [0, 0.1) is 0 Å². The summed E-state index contributed by atoms with van der Waals surface area (Å²) in [6.45, 7) is 0. The lowest BCUT2D eigenvalue weighted by atomic mass is 10.1. The van der Waals surface area contributed by atoms with Gasteiger partial charge in [0, 0.05) is 23.0 Å². The van der Waals surface area contributed by atoms with E-state index in [2.05, 4.69) is 25.6 Å². The van der Waals surface area contributed by atoms with Crippen LogP contribution in [0.2, 0.25) is 10.0 Å². The summed E-state index contributed by atoms with van der Waals surface area (Å²) in [5, 5.41) is 5.72. The van der Waals surface area contributed by atoms with E-state index in [9.17, 15) is 13.2 Å². The summed E-state index contributed by atoms with van der Waals surface area (Å²) in [6.07, 6.45) is 5.18. The number of hydrogen-bond acceptors (Lipinski definition) is 8. The number of nitrogens with two attached hydrogens (primary N) is 1. The van der Waals surface area contributed by atoms with Gasteiger partial charge in [0.15, 0.2) is 9.84 Å². The number of ether oxygens (including phenoxy) is 1. The van der Waals surface area contributed by atoms with Gasteiger partial charge in [-0.05, 0) is 42.0 Å². The van der Waals surface area contributed by atoms with E-state index < -0.39 is 15.9 Å². The van der Waals surface area contributed by atoms with Crippen molar-refractivity contribution < 1.29 is 17.9 Å². The van der Waals surface area contributed by atoms with Crippen molar-refractivity contribution in [1.82, 2.24) is 15.0 Å². The Labute approximate surface area is 216 Å². The highest BCUT2D eigenvalue weighted by molar-refractivity contribution is 7.90. The van der Waals surface area contributed by atoms with Crippen LogP contribution in [0.5, 0.6) is 11.8 Å². The second-order valence-electron chi connectivity index (χ2n) is 7.46. The summed E-state index contributed by atoms with van der Waals surface area (Å²) in [5.74, 6) is 0.825. The number of rotatable bonds is 6. The maximum absolute atomic E-state index is 12.4. The topological polar surface area (TPSA) is 149 Å². The Balaban J connectivity index is 1.40. The normalized spacial score (nSPS) is 11.1. The third-order valence-electron chi connectivity index (χ3n) is 4.73. The fourth-order valence-electron chi connectivity index (χ4n) is 3.13. The molecule has 2 aromatic heterocycles. The summed E-state index contributed by atoms with van der Waals surface area (Å²) in [4.78, 5) is 24.5. The van der Waals surface area contributed by atoms with E-state index in [0.29, 0.717) is 22.2 Å². The molecule has 0 atom stereocenters. The number of pyridine rings is 1. The minimum atomic E-state index is -3.58. The van der Waals surface area contributed by atoms with Gasteiger partial charge in [-0.3, -0.25) is 0 Å². The molecule has 0 aliphatic carbocycles. The number of hydrogen-bond donors (Lipinski definition) is 3. The second-order valence-corrected chi connectivity index (χ2v) is 10.3. The summed E-state index contributed by atoms with van der Waals surface area (Å²) in [5.41, 5.74) is 7.72. The van der Waals surface area contributed by atoms with Crippen molar-refractivity contribution in [3.05, 3.63) is 77.2 Å². The van der Waals surface area contributed by atoms with Crippen LogP contribution in [-0.4, -0.2) is 35.7 Å². The number of benzene rings is 2. The molecule has 13 heteroatoms. The number of halogens is 2. The van der Waals surface area contributed by atoms with E-state index >= 15 is 0 Å². The number of amides is 2. The lowest BCUT2D eigenvalue weighted by Crippen LogP contribution is -2.21. The molecule has 0 spiro atoms. The molecule has 0 saturated heterocycles. The van der Waals surface area contributed by atoms with Gasteiger partial charge in [-0.1, -0.05) is 35.3 Å². The van der Waals surface area contributed by atoms with E-state index in [1.165, 1.54) is 36.8 Å². The highest BCUT2D eigenvalue weighted by atomic mass is 35.5. The first-order valence-electron chi connectivity index (χ1n) is 10.2. The molecule has 0 fully saturated rings. The van der Waals surface area contributed by atoms with Gasteiger partial charge in [-0.25, -0.2) is 28.2 Å². The molecule has 0 unspecified atom stereocenters. The SMILES string of the molecule is CS(=O)(=O)c1ccc(Cl)cc1NC(=O)Nc1cnc(Oc2ccc(-c3cc(Cl)cnc3N)cc2)nc1. The highest BCUT2D eigenvalue weighted by Gasteiger charge is 2.16. The Bertz CT molecular complexity index is 1530. The van der Waals surface area contributed by atoms with Gasteiger partial charge in [0.2, 0.25) is 0 Å². The number of carbonyl (C=O) groups is 1. The van der Waals surface area contributed by atoms with E-state index in [4.69, 9.17) is 33.7 Å². The van der Waals surface area contributed by atoms with Crippen molar-refractivity contribution in [3.8, 4) is 22.9 Å². The Morgan fingerprint density at radius 1 is 0.917 bits per heavy atom. The lowest BCUT2D eigenvalue weighted by Gasteiger charge is -2.11. The molecule has 36 heavy (non-hydrogen) atoms. The fourth-order valence-corrected chi connectivity index (χ4v) is 4.29. The van der Waals surface area contributed by atoms with Crippen LogP contribution in [0.1, 0.15) is 0 Å². The number of carbonyl (C=O) groups excluding carboxylic acids is 1. The molecule has 0 aliphatic rings. The van der Waals surface area contributed by atoms with Crippen molar-refractivity contribution in [3.63, 3.8) is 0 Å². The van der Waals surface area contributed by atoms with Crippen LogP contribution >= 0.6 is 23.2 Å². The van der Waals surface area contributed by atoms with Gasteiger partial charge in [0.05, 0.1) is 33.7 Å². The second kappa shape index (κ2) is 10.4. The van der Waals surface area contributed by atoms with Gasteiger partial charge in [0.25, 0.3) is 0 Å². The van der Waals surface area contributed by atoms with Gasteiger partial charge < -0.3 is 21.1 Å². The average Bonchev–Trinajstić information content (AvgIpc) is 2.82. The van der Waals surface area contributed by atoms with E-state index in [1.807, 2.05) is 0 Å². The molecule has 0 bridgehead atoms. The number of nitrogens with zero attached hydrogens (tertiary/aromatic N) is 3. The van der Waals surface area contributed by atoms with Gasteiger partial charge in [-0.15, -0.1) is 0 Å². The summed E-state index contributed by atoms with van der Waals surface area (Å²) < 4.78 is 29.5. The third kappa shape index (κ3) is 6.19. The van der Waals surface area contributed by atoms with Crippen LogP contribution in [0.4, 0.5) is 22.0 Å². The van der Waals surface area contributed by atoms with Crippen LogP contribution in [0.25, 0.3) is 11.1 Å². The zero-order valence-electron chi connectivity index (χ0n) is 18.6. The molecule has 0 aliphatic heterocycles. The summed E-state index contributed by atoms with van der Waals surface area (Å²) in [7, 11) is -3.58. The monoisotopic (exact) mass is 544 g/mol. The first-order valence-corrected chi connectivity index (χ1v) is 12.8. The van der Waals surface area contributed by atoms with Crippen LogP contribution < -0.4 is 21.1 Å². The van der Waals surface area contributed by atoms with Crippen molar-refractivity contribution in [2.75, 3.05) is 22.6 Å². The Kier molecular flexibility index (Phi) is 7.25. The summed E-state index contributed by atoms with van der Waals surface area (Å²) >= 11 is 11.9. The molecule has 4 aromatic rings. The molecule has 4 N–H and O–H groups in total. The van der Waals surface area contributed by atoms with Gasteiger partial charge in [-0.2, -0.15) is 0 Å². The zero-order valence-corrected chi connectivity index (χ0v) is 20.9. The maximum atomic E-state index is 12.4. The Morgan fingerprint density at radius 3 is 2.28 bits per heavy atom. The number of nitrogen functional groups attached to an aromatic ring is 1. The number of nitrogens with one attached hydrogen (secondary N) is 2. The summed E-state index contributed by atoms with van der Waals surface area (Å²) in [6, 6.07) is 12.1. The molecule has 0 saturated carbocycles. The quantitative estimate of drug-likeness (QED) is 0.297. The minimum Gasteiger partial charge on any atom is -0.424 e. The van der Waals surface area contributed by atoms with Crippen molar-refractivity contribution in [1.29, 1.82) is 0 Å². The van der Waals surface area contributed by atoms with E-state index in [0.717, 1.165) is 11.8 Å². The first-order chi connectivity index (χ1) is 17.1. The maximum Gasteiger partial charge on any atom is 0.323 e. The number of aromatic nitrogens is 3. The largest absolute Gasteiger partial charge is 0.424 e. The lowest BCUT2D eigenvalue weighted by molar-refractivity contribution is 0.262.